The second-order valence-corrected chi connectivity index (χ2v) is 6.41. The summed E-state index contributed by atoms with van der Waals surface area (Å²) >= 11 is 0. The number of para-hydroxylation sites is 1. The lowest BCUT2D eigenvalue weighted by Gasteiger charge is -2.10. The third kappa shape index (κ3) is 5.75. The number of hydrogen-bond donors (Lipinski definition) is 2. The predicted molar refractivity (Wildman–Crippen MR) is 111 cm³/mol. The Morgan fingerprint density at radius 3 is 2.52 bits per heavy atom. The molecule has 29 heavy (non-hydrogen) atoms. The largest absolute Gasteiger partial charge is 0.379 e. The number of nitriles is 1. The number of carbonyl (C=O) groups excluding carboxylic acids is 1. The van der Waals surface area contributed by atoms with Crippen LogP contribution in [0.25, 0.3) is 11.3 Å². The van der Waals surface area contributed by atoms with Crippen LogP contribution in [-0.2, 0) is 11.8 Å². The van der Waals surface area contributed by atoms with Gasteiger partial charge in [0.25, 0.3) is 5.91 Å². The average molecular weight is 389 g/mol. The summed E-state index contributed by atoms with van der Waals surface area (Å²) in [5.74, 6) is -0.228. The van der Waals surface area contributed by atoms with E-state index in [9.17, 15) is 4.79 Å². The fraction of sp³-hybridized carbons (Fsp3) is 0.227. The van der Waals surface area contributed by atoms with Crippen molar-refractivity contribution in [3.8, 4) is 17.3 Å². The highest BCUT2D eigenvalue weighted by atomic mass is 16.5. The molecule has 0 bridgehead atoms. The maximum absolute atomic E-state index is 12.4. The number of nitrogens with one attached hydrogen (secondary N) is 2. The molecule has 148 valence electrons. The van der Waals surface area contributed by atoms with Crippen molar-refractivity contribution in [3.63, 3.8) is 0 Å². The van der Waals surface area contributed by atoms with E-state index in [-0.39, 0.29) is 5.91 Å². The number of amides is 1. The molecule has 2 heterocycles. The van der Waals surface area contributed by atoms with E-state index in [1.807, 2.05) is 36.4 Å². The molecule has 0 radical (unpaired) electrons. The van der Waals surface area contributed by atoms with Crippen LogP contribution < -0.4 is 10.6 Å². The lowest BCUT2D eigenvalue weighted by Crippen LogP contribution is -2.30. The van der Waals surface area contributed by atoms with E-state index < -0.39 is 0 Å². The quantitative estimate of drug-likeness (QED) is 0.719. The fourth-order valence-electron chi connectivity index (χ4n) is 2.80. The number of hydrogen-bond acceptors (Lipinski definition) is 5. The number of aryl methyl sites for hydroxylation is 1. The van der Waals surface area contributed by atoms with Gasteiger partial charge in [0.15, 0.2) is 0 Å². The van der Waals surface area contributed by atoms with Crippen LogP contribution >= 0.6 is 0 Å². The third-order valence-corrected chi connectivity index (χ3v) is 4.28. The highest BCUT2D eigenvalue weighted by molar-refractivity contribution is 6.03. The van der Waals surface area contributed by atoms with E-state index in [1.165, 1.54) is 4.68 Å². The summed E-state index contributed by atoms with van der Waals surface area (Å²) in [6, 6.07) is 20.2. The molecule has 0 aliphatic carbocycles. The predicted octanol–water partition coefficient (Wildman–Crippen LogP) is 2.82. The molecule has 4 rings (SSSR count). The van der Waals surface area contributed by atoms with Crippen LogP contribution in [0.5, 0.6) is 0 Å². The Morgan fingerprint density at radius 2 is 1.90 bits per heavy atom. The summed E-state index contributed by atoms with van der Waals surface area (Å²) in [5, 5.41) is 19.3. The lowest BCUT2D eigenvalue weighted by molar-refractivity contribution is 0.101. The van der Waals surface area contributed by atoms with Crippen molar-refractivity contribution in [2.24, 2.45) is 7.05 Å². The van der Waals surface area contributed by atoms with E-state index >= 15 is 0 Å². The number of nitrogens with zero attached hydrogens (tertiary/aromatic N) is 3. The molecule has 1 saturated heterocycles. The number of ether oxygens (including phenoxy) is 1. The zero-order chi connectivity index (χ0) is 20.5. The van der Waals surface area contributed by atoms with E-state index in [4.69, 9.17) is 10.00 Å². The number of morpholine rings is 1. The molecule has 0 atom stereocenters. The Morgan fingerprint density at radius 1 is 1.14 bits per heavy atom. The van der Waals surface area contributed by atoms with Gasteiger partial charge in [0.2, 0.25) is 0 Å². The second kappa shape index (κ2) is 10.2. The fourth-order valence-corrected chi connectivity index (χ4v) is 2.80. The van der Waals surface area contributed by atoms with Crippen molar-refractivity contribution in [1.29, 1.82) is 5.26 Å². The zero-order valence-electron chi connectivity index (χ0n) is 16.3. The van der Waals surface area contributed by atoms with Gasteiger partial charge in [-0.25, -0.2) is 0 Å². The van der Waals surface area contributed by atoms with Crippen molar-refractivity contribution in [3.05, 3.63) is 71.9 Å². The Bertz CT molecular complexity index is 976. The van der Waals surface area contributed by atoms with Gasteiger partial charge in [0.05, 0.1) is 30.5 Å². The Kier molecular flexibility index (Phi) is 7.11. The van der Waals surface area contributed by atoms with E-state index in [0.717, 1.165) is 37.6 Å². The Hall–Kier alpha value is -3.47. The molecule has 7 nitrogen and oxygen atoms in total. The van der Waals surface area contributed by atoms with Crippen LogP contribution in [-0.4, -0.2) is 42.0 Å². The molecule has 0 spiro atoms. The molecule has 1 fully saturated rings. The minimum absolute atomic E-state index is 0.228. The van der Waals surface area contributed by atoms with Crippen molar-refractivity contribution in [1.82, 2.24) is 15.1 Å². The van der Waals surface area contributed by atoms with Crippen LogP contribution in [0.2, 0.25) is 0 Å². The number of aromatic nitrogens is 2. The van der Waals surface area contributed by atoms with Crippen LogP contribution in [0.15, 0.2) is 60.7 Å². The van der Waals surface area contributed by atoms with E-state index in [0.29, 0.717) is 17.0 Å². The molecule has 0 saturated carbocycles. The van der Waals surface area contributed by atoms with Gasteiger partial charge in [-0.1, -0.05) is 30.3 Å². The molecular weight excluding hydrogens is 366 g/mol. The van der Waals surface area contributed by atoms with Gasteiger partial charge in [0, 0.05) is 31.4 Å². The van der Waals surface area contributed by atoms with Gasteiger partial charge in [-0.2, -0.15) is 10.4 Å². The SMILES string of the molecule is C1COCCN1.Cn1nc(-c2cccc(C#N)c2)cc1C(=O)Nc1ccccc1. The summed E-state index contributed by atoms with van der Waals surface area (Å²) in [6.45, 7) is 3.83. The van der Waals surface area contributed by atoms with Crippen LogP contribution in [0, 0.1) is 11.3 Å². The molecule has 3 aromatic rings. The van der Waals surface area contributed by atoms with Gasteiger partial charge >= 0.3 is 0 Å². The number of benzene rings is 2. The summed E-state index contributed by atoms with van der Waals surface area (Å²) in [4.78, 5) is 12.4. The molecule has 7 heteroatoms. The molecule has 2 aromatic carbocycles. The van der Waals surface area contributed by atoms with Gasteiger partial charge < -0.3 is 15.4 Å². The van der Waals surface area contributed by atoms with Crippen LogP contribution in [0.4, 0.5) is 5.69 Å². The van der Waals surface area contributed by atoms with Crippen molar-refractivity contribution in [2.45, 2.75) is 0 Å². The number of carbonyl (C=O) groups is 1. The molecule has 1 aliphatic heterocycles. The average Bonchev–Trinajstić information content (AvgIpc) is 3.18. The first-order valence-corrected chi connectivity index (χ1v) is 9.37. The smallest absolute Gasteiger partial charge is 0.273 e. The second-order valence-electron chi connectivity index (χ2n) is 6.41. The van der Waals surface area contributed by atoms with Gasteiger partial charge in [-0.05, 0) is 30.3 Å². The first-order chi connectivity index (χ1) is 14.2. The molecule has 1 aliphatic rings. The van der Waals surface area contributed by atoms with Crippen molar-refractivity contribution < 1.29 is 9.53 Å². The standard InChI is InChI=1S/C18H14N4O.C4H9NO/c1-22-17(18(23)20-15-8-3-2-4-9-15)11-16(21-22)14-7-5-6-13(10-14)12-19;1-3-6-4-2-5-1/h2-11H,1H3,(H,20,23);5H,1-4H2. The lowest BCUT2D eigenvalue weighted by atomic mass is 10.1. The van der Waals surface area contributed by atoms with E-state index in [1.54, 1.807) is 31.3 Å². The monoisotopic (exact) mass is 389 g/mol. The minimum Gasteiger partial charge on any atom is -0.379 e. The highest BCUT2D eigenvalue weighted by Gasteiger charge is 2.14. The van der Waals surface area contributed by atoms with Gasteiger partial charge in [-0.3, -0.25) is 9.48 Å². The summed E-state index contributed by atoms with van der Waals surface area (Å²) in [6.07, 6.45) is 0. The number of anilines is 1. The first kappa shape index (κ1) is 20.3. The summed E-state index contributed by atoms with van der Waals surface area (Å²) in [5.41, 5.74) is 3.20. The van der Waals surface area contributed by atoms with Crippen LogP contribution in [0.1, 0.15) is 16.1 Å². The maximum Gasteiger partial charge on any atom is 0.273 e. The summed E-state index contributed by atoms with van der Waals surface area (Å²) < 4.78 is 6.54. The minimum atomic E-state index is -0.228. The maximum atomic E-state index is 12.4. The topological polar surface area (TPSA) is 92.0 Å². The van der Waals surface area contributed by atoms with Crippen molar-refractivity contribution in [2.75, 3.05) is 31.6 Å². The van der Waals surface area contributed by atoms with E-state index in [2.05, 4.69) is 21.8 Å². The molecule has 1 amide bonds. The Labute approximate surface area is 169 Å². The first-order valence-electron chi connectivity index (χ1n) is 9.37. The third-order valence-electron chi connectivity index (χ3n) is 4.28. The molecule has 2 N–H and O–H groups in total. The molecular formula is C22H23N5O2. The van der Waals surface area contributed by atoms with Crippen LogP contribution in [0.3, 0.4) is 0 Å². The zero-order valence-corrected chi connectivity index (χ0v) is 16.3. The Balaban J connectivity index is 0.000000343. The normalized spacial score (nSPS) is 13.0. The van der Waals surface area contributed by atoms with Gasteiger partial charge in [0.1, 0.15) is 5.69 Å². The molecule has 1 aromatic heterocycles. The summed E-state index contributed by atoms with van der Waals surface area (Å²) in [7, 11) is 1.72. The van der Waals surface area contributed by atoms with Crippen molar-refractivity contribution >= 4 is 11.6 Å². The van der Waals surface area contributed by atoms with Gasteiger partial charge in [-0.15, -0.1) is 0 Å². The highest BCUT2D eigenvalue weighted by Crippen LogP contribution is 2.20. The molecule has 0 unspecified atom stereocenters. The number of rotatable bonds is 3.